The summed E-state index contributed by atoms with van der Waals surface area (Å²) in [4.78, 5) is 26.8. The lowest BCUT2D eigenvalue weighted by molar-refractivity contribution is 0.0959. The molecule has 0 aliphatic carbocycles. The maximum Gasteiger partial charge on any atom is 0.261 e. The molecule has 6 nitrogen and oxygen atoms in total. The first kappa shape index (κ1) is 16.3. The molecule has 0 saturated carbocycles. The van der Waals surface area contributed by atoms with Crippen molar-refractivity contribution in [2.75, 3.05) is 11.9 Å². The van der Waals surface area contributed by atoms with Gasteiger partial charge in [-0.05, 0) is 38.5 Å². The van der Waals surface area contributed by atoms with E-state index in [1.165, 1.54) is 17.7 Å². The minimum atomic E-state index is -0.0655. The molecule has 7 heteroatoms. The van der Waals surface area contributed by atoms with Crippen LogP contribution in [0.1, 0.15) is 33.5 Å². The molecule has 0 atom stereocenters. The Hall–Kier alpha value is -2.54. The van der Waals surface area contributed by atoms with Gasteiger partial charge in [0.05, 0.1) is 22.5 Å². The highest BCUT2D eigenvalue weighted by Crippen LogP contribution is 2.33. The number of hydrogen-bond donors (Lipinski definition) is 2. The van der Waals surface area contributed by atoms with E-state index in [9.17, 15) is 4.79 Å². The van der Waals surface area contributed by atoms with Crippen molar-refractivity contribution in [3.05, 3.63) is 46.4 Å². The zero-order valence-corrected chi connectivity index (χ0v) is 14.7. The SMILES string of the molecule is CCNC(=O)c1sc2ncnc(NCc3cccc(C)n3)c2c1C. The summed E-state index contributed by atoms with van der Waals surface area (Å²) in [5.41, 5.74) is 2.83. The maximum atomic E-state index is 12.2. The first-order valence-electron chi connectivity index (χ1n) is 7.78. The Kier molecular flexibility index (Phi) is 4.71. The standard InChI is InChI=1S/C17H19N5OS/c1-4-18-16(23)14-11(3)13-15(20-9-21-17(13)24-14)19-8-12-7-5-6-10(2)22-12/h5-7,9H,4,8H2,1-3H3,(H,18,23)(H,19,20,21). The molecule has 0 unspecified atom stereocenters. The summed E-state index contributed by atoms with van der Waals surface area (Å²) in [7, 11) is 0. The Balaban J connectivity index is 1.92. The summed E-state index contributed by atoms with van der Waals surface area (Å²) in [6.07, 6.45) is 1.52. The van der Waals surface area contributed by atoms with Crippen LogP contribution < -0.4 is 10.6 Å². The van der Waals surface area contributed by atoms with Crippen LogP contribution in [-0.2, 0) is 6.54 Å². The summed E-state index contributed by atoms with van der Waals surface area (Å²) in [6.45, 7) is 6.97. The van der Waals surface area contributed by atoms with Crippen LogP contribution in [0.5, 0.6) is 0 Å². The number of aromatic nitrogens is 3. The Morgan fingerprint density at radius 3 is 2.83 bits per heavy atom. The van der Waals surface area contributed by atoms with E-state index in [2.05, 4.69) is 25.6 Å². The first-order chi connectivity index (χ1) is 11.6. The second-order valence-electron chi connectivity index (χ2n) is 5.44. The van der Waals surface area contributed by atoms with E-state index in [0.717, 1.165) is 33.0 Å². The quantitative estimate of drug-likeness (QED) is 0.745. The van der Waals surface area contributed by atoms with Crippen LogP contribution in [0.25, 0.3) is 10.2 Å². The molecular formula is C17H19N5OS. The lowest BCUT2D eigenvalue weighted by Gasteiger charge is -2.07. The van der Waals surface area contributed by atoms with Crippen LogP contribution in [0.15, 0.2) is 24.5 Å². The second-order valence-corrected chi connectivity index (χ2v) is 6.44. The number of anilines is 1. The number of rotatable bonds is 5. The van der Waals surface area contributed by atoms with Gasteiger partial charge in [0, 0.05) is 12.2 Å². The number of aryl methyl sites for hydroxylation is 2. The van der Waals surface area contributed by atoms with Gasteiger partial charge in [0.15, 0.2) is 0 Å². The van der Waals surface area contributed by atoms with Gasteiger partial charge < -0.3 is 10.6 Å². The fourth-order valence-electron chi connectivity index (χ4n) is 2.54. The van der Waals surface area contributed by atoms with Gasteiger partial charge in [-0.15, -0.1) is 11.3 Å². The van der Waals surface area contributed by atoms with Crippen molar-refractivity contribution < 1.29 is 4.79 Å². The lowest BCUT2D eigenvalue weighted by atomic mass is 10.2. The zero-order chi connectivity index (χ0) is 17.1. The highest BCUT2D eigenvalue weighted by atomic mass is 32.1. The van der Waals surface area contributed by atoms with Crippen LogP contribution in [0.2, 0.25) is 0 Å². The maximum absolute atomic E-state index is 12.2. The Morgan fingerprint density at radius 1 is 1.25 bits per heavy atom. The largest absolute Gasteiger partial charge is 0.364 e. The lowest BCUT2D eigenvalue weighted by Crippen LogP contribution is -2.22. The molecule has 0 aliphatic heterocycles. The third-order valence-corrected chi connectivity index (χ3v) is 4.85. The summed E-state index contributed by atoms with van der Waals surface area (Å²) in [5, 5.41) is 7.06. The Labute approximate surface area is 144 Å². The van der Waals surface area contributed by atoms with Crippen molar-refractivity contribution >= 4 is 33.3 Å². The molecule has 0 fully saturated rings. The number of carbonyl (C=O) groups excluding carboxylic acids is 1. The molecule has 0 aromatic carbocycles. The molecule has 3 heterocycles. The third-order valence-electron chi connectivity index (χ3n) is 3.65. The van der Waals surface area contributed by atoms with Crippen LogP contribution in [0.3, 0.4) is 0 Å². The van der Waals surface area contributed by atoms with Crippen LogP contribution in [-0.4, -0.2) is 27.4 Å². The van der Waals surface area contributed by atoms with Crippen LogP contribution in [0.4, 0.5) is 5.82 Å². The number of hydrogen-bond acceptors (Lipinski definition) is 6. The Morgan fingerprint density at radius 2 is 2.08 bits per heavy atom. The molecule has 24 heavy (non-hydrogen) atoms. The molecule has 0 radical (unpaired) electrons. The number of thiophene rings is 1. The van der Waals surface area contributed by atoms with Gasteiger partial charge in [0.25, 0.3) is 5.91 Å². The number of nitrogens with one attached hydrogen (secondary N) is 2. The number of pyridine rings is 1. The van der Waals surface area contributed by atoms with Crippen molar-refractivity contribution in [3.8, 4) is 0 Å². The molecule has 0 aliphatic rings. The van der Waals surface area contributed by atoms with E-state index in [0.29, 0.717) is 18.0 Å². The normalized spacial score (nSPS) is 10.8. The second kappa shape index (κ2) is 6.92. The third kappa shape index (κ3) is 3.21. The van der Waals surface area contributed by atoms with Gasteiger partial charge in [0.2, 0.25) is 0 Å². The predicted octanol–water partition coefficient (Wildman–Crippen LogP) is 3.06. The molecule has 3 aromatic heterocycles. The van der Waals surface area contributed by atoms with E-state index in [4.69, 9.17) is 0 Å². The minimum absolute atomic E-state index is 0.0655. The van der Waals surface area contributed by atoms with Crippen molar-refractivity contribution in [2.24, 2.45) is 0 Å². The number of amides is 1. The van der Waals surface area contributed by atoms with Crippen LogP contribution >= 0.6 is 11.3 Å². The minimum Gasteiger partial charge on any atom is -0.364 e. The molecule has 1 amide bonds. The van der Waals surface area contributed by atoms with Gasteiger partial charge >= 0.3 is 0 Å². The van der Waals surface area contributed by atoms with Gasteiger partial charge in [-0.25, -0.2) is 9.97 Å². The zero-order valence-electron chi connectivity index (χ0n) is 13.9. The topological polar surface area (TPSA) is 79.8 Å². The molecule has 2 N–H and O–H groups in total. The number of carbonyl (C=O) groups is 1. The highest BCUT2D eigenvalue weighted by molar-refractivity contribution is 7.20. The summed E-state index contributed by atoms with van der Waals surface area (Å²) < 4.78 is 0. The molecule has 124 valence electrons. The van der Waals surface area contributed by atoms with E-state index in [-0.39, 0.29) is 5.91 Å². The number of nitrogens with zero attached hydrogens (tertiary/aromatic N) is 3. The molecule has 3 aromatic rings. The van der Waals surface area contributed by atoms with E-state index < -0.39 is 0 Å². The van der Waals surface area contributed by atoms with Crippen molar-refractivity contribution in [3.63, 3.8) is 0 Å². The smallest absolute Gasteiger partial charge is 0.261 e. The first-order valence-corrected chi connectivity index (χ1v) is 8.60. The summed E-state index contributed by atoms with van der Waals surface area (Å²) >= 11 is 1.39. The molecular weight excluding hydrogens is 322 g/mol. The molecule has 0 bridgehead atoms. The molecule has 0 saturated heterocycles. The monoisotopic (exact) mass is 341 g/mol. The molecule has 3 rings (SSSR count). The van der Waals surface area contributed by atoms with E-state index >= 15 is 0 Å². The van der Waals surface area contributed by atoms with Gasteiger partial charge in [-0.2, -0.15) is 0 Å². The number of fused-ring (bicyclic) bond motifs is 1. The fourth-order valence-corrected chi connectivity index (χ4v) is 3.60. The van der Waals surface area contributed by atoms with Crippen molar-refractivity contribution in [1.82, 2.24) is 20.3 Å². The predicted molar refractivity (Wildman–Crippen MR) is 96.5 cm³/mol. The van der Waals surface area contributed by atoms with Gasteiger partial charge in [0.1, 0.15) is 17.0 Å². The summed E-state index contributed by atoms with van der Waals surface area (Å²) in [5.74, 6) is 0.664. The van der Waals surface area contributed by atoms with E-state index in [1.54, 1.807) is 0 Å². The van der Waals surface area contributed by atoms with Crippen molar-refractivity contribution in [1.29, 1.82) is 0 Å². The van der Waals surface area contributed by atoms with Crippen molar-refractivity contribution in [2.45, 2.75) is 27.3 Å². The highest BCUT2D eigenvalue weighted by Gasteiger charge is 2.18. The van der Waals surface area contributed by atoms with Crippen LogP contribution in [0, 0.1) is 13.8 Å². The fraction of sp³-hybridized carbons (Fsp3) is 0.294. The van der Waals surface area contributed by atoms with Gasteiger partial charge in [-0.1, -0.05) is 6.07 Å². The average Bonchev–Trinajstić information content (AvgIpc) is 2.91. The van der Waals surface area contributed by atoms with Gasteiger partial charge in [-0.3, -0.25) is 9.78 Å². The summed E-state index contributed by atoms with van der Waals surface area (Å²) in [6, 6.07) is 5.92. The average molecular weight is 341 g/mol. The molecule has 0 spiro atoms. The van der Waals surface area contributed by atoms with E-state index in [1.807, 2.05) is 39.0 Å². The Bertz CT molecular complexity index is 890.